The van der Waals surface area contributed by atoms with E-state index in [1.54, 1.807) is 45.8 Å². The Labute approximate surface area is 161 Å². The first-order valence-corrected chi connectivity index (χ1v) is 9.68. The van der Waals surface area contributed by atoms with Crippen molar-refractivity contribution >= 4 is 23.8 Å². The van der Waals surface area contributed by atoms with Gasteiger partial charge in [-0.25, -0.2) is 14.2 Å². The number of hydrogen-bond acceptors (Lipinski definition) is 5. The maximum Gasteiger partial charge on any atom is 0.409 e. The van der Waals surface area contributed by atoms with Crippen LogP contribution in [-0.2, 0) is 9.53 Å². The molecule has 3 rings (SSSR count). The fraction of sp³-hybridized carbons (Fsp3) is 0.389. The number of halogens is 1. The molecular weight excluding hydrogens is 371 g/mol. The topological polar surface area (TPSA) is 67.7 Å². The van der Waals surface area contributed by atoms with E-state index in [4.69, 9.17) is 4.74 Å². The summed E-state index contributed by atoms with van der Waals surface area (Å²) in [6, 6.07) is 6.22. The molecule has 1 saturated heterocycles. The zero-order chi connectivity index (χ0) is 19.2. The van der Waals surface area contributed by atoms with E-state index >= 15 is 0 Å². The first kappa shape index (κ1) is 19.2. The second-order valence-corrected chi connectivity index (χ2v) is 6.86. The van der Waals surface area contributed by atoms with Crippen molar-refractivity contribution in [3.63, 3.8) is 0 Å². The lowest BCUT2D eigenvalue weighted by molar-refractivity contribution is -0.129. The number of ether oxygens (including phenoxy) is 1. The average molecular weight is 392 g/mol. The van der Waals surface area contributed by atoms with Crippen LogP contribution < -0.4 is 0 Å². The molecule has 1 aliphatic rings. The molecule has 0 saturated carbocycles. The number of carbonyl (C=O) groups excluding carboxylic acids is 2. The Morgan fingerprint density at radius 1 is 1.22 bits per heavy atom. The maximum atomic E-state index is 13.4. The molecule has 1 aromatic heterocycles. The van der Waals surface area contributed by atoms with Gasteiger partial charge in [-0.2, -0.15) is 0 Å². The monoisotopic (exact) mass is 392 g/mol. The lowest BCUT2D eigenvalue weighted by atomic mass is 10.3. The van der Waals surface area contributed by atoms with Crippen molar-refractivity contribution in [2.75, 3.05) is 38.5 Å². The second kappa shape index (κ2) is 8.90. The van der Waals surface area contributed by atoms with Gasteiger partial charge in [0.25, 0.3) is 0 Å². The molecule has 1 fully saturated rings. The third-order valence-electron chi connectivity index (χ3n) is 4.18. The molecule has 2 heterocycles. The molecular formula is C18H21FN4O3S. The van der Waals surface area contributed by atoms with E-state index in [1.165, 1.54) is 23.9 Å². The van der Waals surface area contributed by atoms with Gasteiger partial charge in [0.05, 0.1) is 18.0 Å². The van der Waals surface area contributed by atoms with E-state index in [2.05, 4.69) is 4.98 Å². The standard InChI is InChI=1S/C18H21FN4O3S/c1-2-26-18(25)22-10-8-21(9-11-22)16(24)13-27-17-20-6-7-23(17)15-5-3-4-14(19)12-15/h3-7,12H,2,8-11,13H2,1H3. The molecule has 0 unspecified atom stereocenters. The van der Waals surface area contributed by atoms with Crippen LogP contribution in [0.1, 0.15) is 6.92 Å². The van der Waals surface area contributed by atoms with Crippen LogP contribution in [-0.4, -0.2) is 69.9 Å². The van der Waals surface area contributed by atoms with Crippen LogP contribution in [0.5, 0.6) is 0 Å². The molecule has 9 heteroatoms. The number of hydrogen-bond donors (Lipinski definition) is 0. The highest BCUT2D eigenvalue weighted by molar-refractivity contribution is 7.99. The van der Waals surface area contributed by atoms with Gasteiger partial charge >= 0.3 is 6.09 Å². The van der Waals surface area contributed by atoms with Crippen molar-refractivity contribution in [3.8, 4) is 5.69 Å². The fourth-order valence-corrected chi connectivity index (χ4v) is 3.67. The van der Waals surface area contributed by atoms with E-state index in [9.17, 15) is 14.0 Å². The molecule has 0 bridgehead atoms. The Morgan fingerprint density at radius 3 is 2.67 bits per heavy atom. The molecule has 0 N–H and O–H groups in total. The molecule has 2 amide bonds. The van der Waals surface area contributed by atoms with E-state index in [-0.39, 0.29) is 23.6 Å². The van der Waals surface area contributed by atoms with Crippen molar-refractivity contribution < 1.29 is 18.7 Å². The van der Waals surface area contributed by atoms with Crippen LogP contribution in [0, 0.1) is 5.82 Å². The van der Waals surface area contributed by atoms with Gasteiger partial charge in [0.15, 0.2) is 5.16 Å². The van der Waals surface area contributed by atoms with E-state index in [0.717, 1.165) is 0 Å². The number of amides is 2. The minimum atomic E-state index is -0.337. The molecule has 2 aromatic rings. The quantitative estimate of drug-likeness (QED) is 0.731. The van der Waals surface area contributed by atoms with Crippen molar-refractivity contribution in [3.05, 3.63) is 42.5 Å². The van der Waals surface area contributed by atoms with Crippen LogP contribution in [0.2, 0.25) is 0 Å². The van der Waals surface area contributed by atoms with Gasteiger partial charge in [-0.1, -0.05) is 17.8 Å². The number of aromatic nitrogens is 2. The summed E-state index contributed by atoms with van der Waals surface area (Å²) >= 11 is 1.30. The summed E-state index contributed by atoms with van der Waals surface area (Å²) in [7, 11) is 0. The highest BCUT2D eigenvalue weighted by Crippen LogP contribution is 2.21. The van der Waals surface area contributed by atoms with Gasteiger partial charge < -0.3 is 14.5 Å². The third kappa shape index (κ3) is 4.79. The van der Waals surface area contributed by atoms with Crippen LogP contribution in [0.25, 0.3) is 5.69 Å². The minimum absolute atomic E-state index is 0.0164. The third-order valence-corrected chi connectivity index (χ3v) is 5.13. The van der Waals surface area contributed by atoms with Gasteiger partial charge in [0.1, 0.15) is 5.82 Å². The van der Waals surface area contributed by atoms with Gasteiger partial charge in [0, 0.05) is 38.6 Å². The zero-order valence-corrected chi connectivity index (χ0v) is 15.8. The summed E-state index contributed by atoms with van der Waals surface area (Å²) in [5.74, 6) is -0.115. The summed E-state index contributed by atoms with van der Waals surface area (Å²) in [5, 5.41) is 0.624. The normalized spacial score (nSPS) is 14.3. The first-order chi connectivity index (χ1) is 13.1. The van der Waals surface area contributed by atoms with E-state index in [0.29, 0.717) is 43.6 Å². The summed E-state index contributed by atoms with van der Waals surface area (Å²) in [6.07, 6.45) is 3.02. The predicted octanol–water partition coefficient (Wildman–Crippen LogP) is 2.40. The summed E-state index contributed by atoms with van der Waals surface area (Å²) in [5.41, 5.74) is 0.658. The number of nitrogens with zero attached hydrogens (tertiary/aromatic N) is 4. The Balaban J connectivity index is 1.54. The average Bonchev–Trinajstić information content (AvgIpc) is 3.15. The van der Waals surface area contributed by atoms with Crippen LogP contribution >= 0.6 is 11.8 Å². The Hall–Kier alpha value is -2.55. The Kier molecular flexibility index (Phi) is 6.33. The minimum Gasteiger partial charge on any atom is -0.450 e. The van der Waals surface area contributed by atoms with Crippen LogP contribution in [0.3, 0.4) is 0 Å². The van der Waals surface area contributed by atoms with Crippen LogP contribution in [0.15, 0.2) is 41.8 Å². The summed E-state index contributed by atoms with van der Waals surface area (Å²) in [4.78, 5) is 31.8. The molecule has 0 aliphatic carbocycles. The lowest BCUT2D eigenvalue weighted by Gasteiger charge is -2.34. The molecule has 27 heavy (non-hydrogen) atoms. The molecule has 0 radical (unpaired) electrons. The predicted molar refractivity (Wildman–Crippen MR) is 99.4 cm³/mol. The van der Waals surface area contributed by atoms with Gasteiger partial charge in [0.2, 0.25) is 5.91 Å². The number of rotatable bonds is 5. The largest absolute Gasteiger partial charge is 0.450 e. The highest BCUT2D eigenvalue weighted by atomic mass is 32.2. The SMILES string of the molecule is CCOC(=O)N1CCN(C(=O)CSc2nccn2-c2cccc(F)c2)CC1. The molecule has 7 nitrogen and oxygen atoms in total. The zero-order valence-electron chi connectivity index (χ0n) is 15.0. The highest BCUT2D eigenvalue weighted by Gasteiger charge is 2.25. The van der Waals surface area contributed by atoms with E-state index < -0.39 is 0 Å². The second-order valence-electron chi connectivity index (χ2n) is 5.92. The molecule has 144 valence electrons. The summed E-state index contributed by atoms with van der Waals surface area (Å²) < 4.78 is 20.2. The molecule has 0 atom stereocenters. The molecule has 1 aliphatic heterocycles. The number of carbonyl (C=O) groups is 2. The van der Waals surface area contributed by atoms with Gasteiger partial charge in [-0.05, 0) is 25.1 Å². The fourth-order valence-electron chi connectivity index (χ4n) is 2.79. The Bertz CT molecular complexity index is 805. The Morgan fingerprint density at radius 2 is 1.96 bits per heavy atom. The van der Waals surface area contributed by atoms with Crippen molar-refractivity contribution in [2.24, 2.45) is 0 Å². The van der Waals surface area contributed by atoms with Crippen molar-refractivity contribution in [1.29, 1.82) is 0 Å². The first-order valence-electron chi connectivity index (χ1n) is 8.70. The van der Waals surface area contributed by atoms with E-state index in [1.807, 2.05) is 0 Å². The molecule has 1 aromatic carbocycles. The van der Waals surface area contributed by atoms with Gasteiger partial charge in [-0.3, -0.25) is 9.36 Å². The summed E-state index contributed by atoms with van der Waals surface area (Å²) in [6.45, 7) is 4.00. The maximum absolute atomic E-state index is 13.4. The molecule has 0 spiro atoms. The van der Waals surface area contributed by atoms with Crippen molar-refractivity contribution in [2.45, 2.75) is 12.1 Å². The number of piperazine rings is 1. The van der Waals surface area contributed by atoms with Crippen LogP contribution in [0.4, 0.5) is 9.18 Å². The van der Waals surface area contributed by atoms with Crippen molar-refractivity contribution in [1.82, 2.24) is 19.4 Å². The van der Waals surface area contributed by atoms with Gasteiger partial charge in [-0.15, -0.1) is 0 Å². The number of benzene rings is 1. The number of imidazole rings is 1. The lowest BCUT2D eigenvalue weighted by Crippen LogP contribution is -2.51. The number of thioether (sulfide) groups is 1. The smallest absolute Gasteiger partial charge is 0.409 e.